The van der Waals surface area contributed by atoms with E-state index in [0.717, 1.165) is 22.2 Å². The monoisotopic (exact) mass is 391 g/mol. The molecule has 4 rings (SSSR count). The summed E-state index contributed by atoms with van der Waals surface area (Å²) >= 11 is 0. The number of aromatic nitrogens is 2. The Morgan fingerprint density at radius 1 is 1.07 bits per heavy atom. The Morgan fingerprint density at radius 3 is 2.59 bits per heavy atom. The van der Waals surface area contributed by atoms with Crippen molar-refractivity contribution in [1.82, 2.24) is 20.6 Å². The number of para-hydroxylation sites is 1. The molecule has 0 radical (unpaired) electrons. The van der Waals surface area contributed by atoms with Gasteiger partial charge in [0.2, 0.25) is 11.9 Å². The summed E-state index contributed by atoms with van der Waals surface area (Å²) in [6, 6.07) is 17.9. The van der Waals surface area contributed by atoms with E-state index in [4.69, 9.17) is 9.72 Å². The fourth-order valence-electron chi connectivity index (χ4n) is 3.69. The quantitative estimate of drug-likeness (QED) is 0.599. The molecule has 3 atom stereocenters. The van der Waals surface area contributed by atoms with Crippen LogP contribution in [0, 0.1) is 5.92 Å². The van der Waals surface area contributed by atoms with E-state index >= 15 is 0 Å². The van der Waals surface area contributed by atoms with Crippen molar-refractivity contribution in [2.45, 2.75) is 25.7 Å². The molecule has 1 aliphatic rings. The van der Waals surface area contributed by atoms with Crippen LogP contribution in [0.25, 0.3) is 22.2 Å². The maximum Gasteiger partial charge on any atom is 0.227 e. The van der Waals surface area contributed by atoms with Crippen LogP contribution in [0.5, 0.6) is 0 Å². The Bertz CT molecular complexity index is 995. The molecule has 3 unspecified atom stereocenters. The lowest BCUT2D eigenvalue weighted by atomic mass is 9.95. The third-order valence-electron chi connectivity index (χ3n) is 5.21. The minimum absolute atomic E-state index is 0.00475. The number of amides is 1. The van der Waals surface area contributed by atoms with Crippen molar-refractivity contribution in [3.63, 3.8) is 0 Å². The molecule has 1 saturated heterocycles. The average Bonchev–Trinajstić information content (AvgIpc) is 2.73. The van der Waals surface area contributed by atoms with E-state index < -0.39 is 6.29 Å². The fraction of sp³-hybridized carbons (Fsp3) is 0.318. The van der Waals surface area contributed by atoms with Gasteiger partial charge in [-0.15, -0.1) is 0 Å². The van der Waals surface area contributed by atoms with Crippen molar-refractivity contribution in [3.05, 3.63) is 54.6 Å². The van der Waals surface area contributed by atoms with Crippen LogP contribution in [0.15, 0.2) is 54.6 Å². The Morgan fingerprint density at radius 2 is 1.83 bits per heavy atom. The van der Waals surface area contributed by atoms with E-state index in [0.29, 0.717) is 19.0 Å². The Balaban J connectivity index is 1.60. The van der Waals surface area contributed by atoms with Gasteiger partial charge < -0.3 is 15.4 Å². The summed E-state index contributed by atoms with van der Waals surface area (Å²) in [5.74, 6) is 0.322. The summed E-state index contributed by atoms with van der Waals surface area (Å²) in [6.45, 7) is 2.56. The zero-order valence-corrected chi connectivity index (χ0v) is 16.6. The van der Waals surface area contributed by atoms with Crippen LogP contribution in [0.2, 0.25) is 0 Å². The van der Waals surface area contributed by atoms with Gasteiger partial charge in [0.25, 0.3) is 0 Å². The second-order valence-electron chi connectivity index (χ2n) is 7.21. The number of nitrogens with one attached hydrogen (secondary N) is 3. The standard InChI is InChI=1S/C22H25N5O2/c1-14-16(12-13-29-2)20(28)26-21(23-14)27-22-24-18-11-7-6-10-17(18)19(25-22)15-8-4-3-5-9-15/h3-11,14,16,21,23H,12-13H2,1-2H3,(H,26,28)(H,24,25,27). The number of nitrogens with zero attached hydrogens (tertiary/aromatic N) is 2. The first-order chi connectivity index (χ1) is 14.2. The predicted octanol–water partition coefficient (Wildman–Crippen LogP) is 2.75. The predicted molar refractivity (Wildman–Crippen MR) is 113 cm³/mol. The minimum Gasteiger partial charge on any atom is -0.385 e. The first kappa shape index (κ1) is 19.3. The van der Waals surface area contributed by atoms with Crippen LogP contribution >= 0.6 is 0 Å². The molecule has 2 heterocycles. The van der Waals surface area contributed by atoms with Crippen molar-refractivity contribution < 1.29 is 9.53 Å². The number of hydrogen-bond donors (Lipinski definition) is 3. The molecule has 0 spiro atoms. The first-order valence-corrected chi connectivity index (χ1v) is 9.80. The summed E-state index contributed by atoms with van der Waals surface area (Å²) < 4.78 is 5.12. The van der Waals surface area contributed by atoms with Gasteiger partial charge in [-0.25, -0.2) is 9.97 Å². The van der Waals surface area contributed by atoms with Gasteiger partial charge in [-0.2, -0.15) is 0 Å². The van der Waals surface area contributed by atoms with Crippen LogP contribution in [0.3, 0.4) is 0 Å². The molecule has 0 saturated carbocycles. The zero-order chi connectivity index (χ0) is 20.2. The van der Waals surface area contributed by atoms with Gasteiger partial charge >= 0.3 is 0 Å². The molecule has 0 aliphatic carbocycles. The maximum absolute atomic E-state index is 12.5. The molecule has 3 aromatic rings. The minimum atomic E-state index is -0.443. The maximum atomic E-state index is 12.5. The summed E-state index contributed by atoms with van der Waals surface area (Å²) in [5.41, 5.74) is 2.71. The molecular formula is C22H25N5O2. The Labute approximate surface area is 169 Å². The summed E-state index contributed by atoms with van der Waals surface area (Å²) in [6.07, 6.45) is 0.231. The topological polar surface area (TPSA) is 88.2 Å². The number of methoxy groups -OCH3 is 1. The SMILES string of the molecule is COCCC1C(=O)NC(Nc2nc(-c3ccccc3)c3ccccc3n2)NC1C. The van der Waals surface area contributed by atoms with E-state index in [1.165, 1.54) is 0 Å². The van der Waals surface area contributed by atoms with Gasteiger partial charge in [0.15, 0.2) is 6.29 Å². The van der Waals surface area contributed by atoms with E-state index in [-0.39, 0.29) is 17.9 Å². The van der Waals surface area contributed by atoms with Crippen LogP contribution in [-0.2, 0) is 9.53 Å². The Hall–Kier alpha value is -3.03. The normalized spacial score (nSPS) is 21.7. The molecule has 7 heteroatoms. The molecule has 1 aliphatic heterocycles. The second-order valence-corrected chi connectivity index (χ2v) is 7.21. The van der Waals surface area contributed by atoms with Crippen LogP contribution < -0.4 is 16.0 Å². The van der Waals surface area contributed by atoms with Gasteiger partial charge in [0, 0.05) is 30.7 Å². The van der Waals surface area contributed by atoms with E-state index in [9.17, 15) is 4.79 Å². The third kappa shape index (κ3) is 4.21. The highest BCUT2D eigenvalue weighted by atomic mass is 16.5. The lowest BCUT2D eigenvalue weighted by Gasteiger charge is -2.35. The van der Waals surface area contributed by atoms with Gasteiger partial charge in [-0.3, -0.25) is 10.1 Å². The number of anilines is 1. The average molecular weight is 391 g/mol. The first-order valence-electron chi connectivity index (χ1n) is 9.80. The molecule has 1 amide bonds. The molecule has 3 N–H and O–H groups in total. The molecule has 1 fully saturated rings. The number of carbonyl (C=O) groups is 1. The summed E-state index contributed by atoms with van der Waals surface area (Å²) in [5, 5.41) is 10.6. The largest absolute Gasteiger partial charge is 0.385 e. The van der Waals surface area contributed by atoms with Crippen LogP contribution in [0.1, 0.15) is 13.3 Å². The van der Waals surface area contributed by atoms with Gasteiger partial charge in [-0.1, -0.05) is 48.5 Å². The van der Waals surface area contributed by atoms with Crippen molar-refractivity contribution >= 4 is 22.8 Å². The molecule has 1 aromatic heterocycles. The Kier molecular flexibility index (Phi) is 5.69. The number of rotatable bonds is 6. The van der Waals surface area contributed by atoms with Gasteiger partial charge in [0.05, 0.1) is 17.1 Å². The molecule has 0 bridgehead atoms. The van der Waals surface area contributed by atoms with E-state index in [1.54, 1.807) is 7.11 Å². The fourth-order valence-corrected chi connectivity index (χ4v) is 3.69. The second kappa shape index (κ2) is 8.55. The number of hydrogen-bond acceptors (Lipinski definition) is 6. The van der Waals surface area contributed by atoms with E-state index in [1.807, 2.05) is 61.5 Å². The molecule has 7 nitrogen and oxygen atoms in total. The van der Waals surface area contributed by atoms with Crippen LogP contribution in [-0.4, -0.2) is 41.9 Å². The van der Waals surface area contributed by atoms with Crippen molar-refractivity contribution in [3.8, 4) is 11.3 Å². The lowest BCUT2D eigenvalue weighted by molar-refractivity contribution is -0.129. The number of ether oxygens (including phenoxy) is 1. The molecule has 2 aromatic carbocycles. The highest BCUT2D eigenvalue weighted by Gasteiger charge is 2.33. The van der Waals surface area contributed by atoms with Crippen molar-refractivity contribution in [1.29, 1.82) is 0 Å². The molecule has 150 valence electrons. The number of benzene rings is 2. The molecule has 29 heavy (non-hydrogen) atoms. The molecular weight excluding hydrogens is 366 g/mol. The van der Waals surface area contributed by atoms with Gasteiger partial charge in [0.1, 0.15) is 0 Å². The summed E-state index contributed by atoms with van der Waals surface area (Å²) in [4.78, 5) is 21.9. The smallest absolute Gasteiger partial charge is 0.227 e. The van der Waals surface area contributed by atoms with Crippen LogP contribution in [0.4, 0.5) is 5.95 Å². The number of carbonyl (C=O) groups excluding carboxylic acids is 1. The highest BCUT2D eigenvalue weighted by molar-refractivity contribution is 5.93. The van der Waals surface area contributed by atoms with Gasteiger partial charge in [-0.05, 0) is 19.4 Å². The van der Waals surface area contributed by atoms with Crippen molar-refractivity contribution in [2.24, 2.45) is 5.92 Å². The lowest BCUT2D eigenvalue weighted by Crippen LogP contribution is -2.63. The highest BCUT2D eigenvalue weighted by Crippen LogP contribution is 2.27. The number of fused-ring (bicyclic) bond motifs is 1. The third-order valence-corrected chi connectivity index (χ3v) is 5.21. The summed E-state index contributed by atoms with van der Waals surface area (Å²) in [7, 11) is 1.64. The van der Waals surface area contributed by atoms with E-state index in [2.05, 4.69) is 20.9 Å². The van der Waals surface area contributed by atoms with Crippen molar-refractivity contribution in [2.75, 3.05) is 19.0 Å². The zero-order valence-electron chi connectivity index (χ0n) is 16.6.